The van der Waals surface area contributed by atoms with Crippen LogP contribution in [0.4, 0.5) is 0 Å². The molecule has 2 aliphatic carbocycles. The van der Waals surface area contributed by atoms with Gasteiger partial charge in [0.25, 0.3) is 0 Å². The van der Waals surface area contributed by atoms with Crippen LogP contribution in [0.2, 0.25) is 0 Å². The zero-order valence-electron chi connectivity index (χ0n) is 10.7. The smallest absolute Gasteiger partial charge is 0.306 e. The van der Waals surface area contributed by atoms with E-state index in [0.29, 0.717) is 19.4 Å². The van der Waals surface area contributed by atoms with Crippen LogP contribution in [0.5, 0.6) is 0 Å². The molecular formula is C13H21NO4. The van der Waals surface area contributed by atoms with E-state index < -0.39 is 5.97 Å². The molecule has 0 spiro atoms. The summed E-state index contributed by atoms with van der Waals surface area (Å²) in [7, 11) is 0. The largest absolute Gasteiger partial charge is 0.481 e. The Balaban J connectivity index is 1.69. The molecule has 2 atom stereocenters. The lowest BCUT2D eigenvalue weighted by molar-refractivity contribution is -0.142. The SMILES string of the molecule is CCO[C@@H]1C[C@@H]1C(=O)NC1CCC(C(=O)O)CC1. The first-order chi connectivity index (χ1) is 8.61. The van der Waals surface area contributed by atoms with Gasteiger partial charge in [-0.15, -0.1) is 0 Å². The van der Waals surface area contributed by atoms with Gasteiger partial charge in [-0.1, -0.05) is 0 Å². The first-order valence-electron chi connectivity index (χ1n) is 6.76. The second-order valence-corrected chi connectivity index (χ2v) is 5.23. The number of nitrogens with one attached hydrogen (secondary N) is 1. The van der Waals surface area contributed by atoms with Gasteiger partial charge in [-0.25, -0.2) is 0 Å². The summed E-state index contributed by atoms with van der Waals surface area (Å²) in [5.41, 5.74) is 0. The third kappa shape index (κ3) is 3.22. The van der Waals surface area contributed by atoms with Crippen LogP contribution in [0.25, 0.3) is 0 Å². The van der Waals surface area contributed by atoms with Gasteiger partial charge >= 0.3 is 5.97 Å². The molecule has 0 bridgehead atoms. The maximum atomic E-state index is 11.9. The van der Waals surface area contributed by atoms with Crippen LogP contribution in [-0.4, -0.2) is 35.7 Å². The van der Waals surface area contributed by atoms with Crippen LogP contribution in [0.3, 0.4) is 0 Å². The summed E-state index contributed by atoms with van der Waals surface area (Å²) < 4.78 is 5.39. The number of rotatable bonds is 5. The average molecular weight is 255 g/mol. The van der Waals surface area contributed by atoms with Crippen LogP contribution >= 0.6 is 0 Å². The van der Waals surface area contributed by atoms with Crippen molar-refractivity contribution in [1.29, 1.82) is 0 Å². The number of carbonyl (C=O) groups excluding carboxylic acids is 1. The fourth-order valence-electron chi connectivity index (χ4n) is 2.64. The van der Waals surface area contributed by atoms with Gasteiger partial charge in [-0.3, -0.25) is 9.59 Å². The Hall–Kier alpha value is -1.10. The fraction of sp³-hybridized carbons (Fsp3) is 0.846. The number of amides is 1. The lowest BCUT2D eigenvalue weighted by Crippen LogP contribution is -2.40. The van der Waals surface area contributed by atoms with Gasteiger partial charge in [0.05, 0.1) is 17.9 Å². The second-order valence-electron chi connectivity index (χ2n) is 5.23. The van der Waals surface area contributed by atoms with E-state index in [4.69, 9.17) is 9.84 Å². The minimum atomic E-state index is -0.710. The third-order valence-electron chi connectivity index (χ3n) is 3.87. The number of ether oxygens (including phenoxy) is 1. The normalized spacial score (nSPS) is 34.9. The summed E-state index contributed by atoms with van der Waals surface area (Å²) in [6.07, 6.45) is 3.80. The van der Waals surface area contributed by atoms with Crippen LogP contribution in [-0.2, 0) is 14.3 Å². The third-order valence-corrected chi connectivity index (χ3v) is 3.87. The molecule has 102 valence electrons. The molecule has 0 heterocycles. The standard InChI is InChI=1S/C13H21NO4/c1-2-18-11-7-10(11)12(15)14-9-5-3-8(4-6-9)13(16)17/h8-11H,2-7H2,1H3,(H,14,15)(H,16,17)/t8?,9?,10-,11+/m0/s1. The lowest BCUT2D eigenvalue weighted by atomic mass is 9.86. The van der Waals surface area contributed by atoms with E-state index in [1.165, 1.54) is 0 Å². The van der Waals surface area contributed by atoms with Crippen LogP contribution in [0.15, 0.2) is 0 Å². The Morgan fingerprint density at radius 3 is 2.50 bits per heavy atom. The number of carboxylic acids is 1. The van der Waals surface area contributed by atoms with Crippen molar-refractivity contribution >= 4 is 11.9 Å². The Morgan fingerprint density at radius 2 is 1.94 bits per heavy atom. The van der Waals surface area contributed by atoms with E-state index in [0.717, 1.165) is 19.3 Å². The lowest BCUT2D eigenvalue weighted by Gasteiger charge is -2.26. The molecule has 5 heteroatoms. The molecule has 2 fully saturated rings. The molecule has 0 saturated heterocycles. The molecule has 1 amide bonds. The number of hydrogen-bond acceptors (Lipinski definition) is 3. The number of carbonyl (C=O) groups is 2. The van der Waals surface area contributed by atoms with Gasteiger partial charge in [0.2, 0.25) is 5.91 Å². The molecular weight excluding hydrogens is 234 g/mol. The van der Waals surface area contributed by atoms with E-state index in [9.17, 15) is 9.59 Å². The van der Waals surface area contributed by atoms with E-state index >= 15 is 0 Å². The highest BCUT2D eigenvalue weighted by Crippen LogP contribution is 2.34. The highest BCUT2D eigenvalue weighted by molar-refractivity contribution is 5.82. The quantitative estimate of drug-likeness (QED) is 0.773. The molecule has 2 rings (SSSR count). The first-order valence-corrected chi connectivity index (χ1v) is 6.76. The average Bonchev–Trinajstić information content (AvgIpc) is 3.10. The van der Waals surface area contributed by atoms with Gasteiger partial charge in [0.1, 0.15) is 0 Å². The summed E-state index contributed by atoms with van der Waals surface area (Å²) in [5.74, 6) is -0.844. The van der Waals surface area contributed by atoms with E-state index in [1.807, 2.05) is 6.92 Å². The first kappa shape index (κ1) is 13.3. The van der Waals surface area contributed by atoms with Crippen LogP contribution in [0, 0.1) is 11.8 Å². The van der Waals surface area contributed by atoms with Gasteiger partial charge in [0, 0.05) is 12.6 Å². The predicted octanol–water partition coefficient (Wildman–Crippen LogP) is 1.17. The molecule has 0 aromatic carbocycles. The number of aliphatic carboxylic acids is 1. The van der Waals surface area contributed by atoms with Gasteiger partial charge in [0.15, 0.2) is 0 Å². The zero-order valence-corrected chi connectivity index (χ0v) is 10.7. The summed E-state index contributed by atoms with van der Waals surface area (Å²) >= 11 is 0. The minimum Gasteiger partial charge on any atom is -0.481 e. The number of hydrogen-bond donors (Lipinski definition) is 2. The molecule has 0 aromatic heterocycles. The van der Waals surface area contributed by atoms with Crippen molar-refractivity contribution in [3.05, 3.63) is 0 Å². The van der Waals surface area contributed by atoms with Gasteiger partial charge < -0.3 is 15.2 Å². The molecule has 0 aromatic rings. The maximum absolute atomic E-state index is 11.9. The maximum Gasteiger partial charge on any atom is 0.306 e. The van der Waals surface area contributed by atoms with E-state index in [2.05, 4.69) is 5.32 Å². The minimum absolute atomic E-state index is 0.0159. The van der Waals surface area contributed by atoms with Gasteiger partial charge in [-0.2, -0.15) is 0 Å². The molecule has 0 unspecified atom stereocenters. The summed E-state index contributed by atoms with van der Waals surface area (Å²) in [5, 5.41) is 11.9. The fourth-order valence-corrected chi connectivity index (χ4v) is 2.64. The van der Waals surface area contributed by atoms with Crippen molar-refractivity contribution in [2.45, 2.75) is 51.2 Å². The molecule has 2 aliphatic rings. The molecule has 18 heavy (non-hydrogen) atoms. The molecule has 0 radical (unpaired) electrons. The Bertz CT molecular complexity index is 323. The number of carboxylic acid groups (broad SMARTS) is 1. The molecule has 2 N–H and O–H groups in total. The highest BCUT2D eigenvalue weighted by Gasteiger charge is 2.44. The zero-order chi connectivity index (χ0) is 13.1. The van der Waals surface area contributed by atoms with E-state index in [1.54, 1.807) is 0 Å². The van der Waals surface area contributed by atoms with Crippen molar-refractivity contribution in [1.82, 2.24) is 5.32 Å². The van der Waals surface area contributed by atoms with Crippen molar-refractivity contribution in [2.75, 3.05) is 6.61 Å². The predicted molar refractivity (Wildman–Crippen MR) is 65.0 cm³/mol. The molecule has 5 nitrogen and oxygen atoms in total. The highest BCUT2D eigenvalue weighted by atomic mass is 16.5. The topological polar surface area (TPSA) is 75.6 Å². The van der Waals surface area contributed by atoms with Crippen LogP contribution < -0.4 is 5.32 Å². The van der Waals surface area contributed by atoms with Crippen molar-refractivity contribution in [3.8, 4) is 0 Å². The summed E-state index contributed by atoms with van der Waals surface area (Å²) in [6, 6.07) is 0.149. The van der Waals surface area contributed by atoms with Crippen LogP contribution in [0.1, 0.15) is 39.0 Å². The van der Waals surface area contributed by atoms with Crippen molar-refractivity contribution in [2.24, 2.45) is 11.8 Å². The van der Waals surface area contributed by atoms with Gasteiger partial charge in [-0.05, 0) is 39.0 Å². The van der Waals surface area contributed by atoms with Crippen molar-refractivity contribution < 1.29 is 19.4 Å². The summed E-state index contributed by atoms with van der Waals surface area (Å²) in [6.45, 7) is 2.58. The monoisotopic (exact) mass is 255 g/mol. The summed E-state index contributed by atoms with van der Waals surface area (Å²) in [4.78, 5) is 22.7. The Labute approximate surface area is 107 Å². The molecule has 0 aliphatic heterocycles. The Morgan fingerprint density at radius 1 is 1.28 bits per heavy atom. The van der Waals surface area contributed by atoms with Crippen molar-refractivity contribution in [3.63, 3.8) is 0 Å². The second kappa shape index (κ2) is 5.69. The Kier molecular flexibility index (Phi) is 4.22. The molecule has 2 saturated carbocycles. The van der Waals surface area contributed by atoms with E-state index in [-0.39, 0.29) is 29.9 Å².